The van der Waals surface area contributed by atoms with Crippen molar-refractivity contribution in [3.63, 3.8) is 0 Å². The Hall–Kier alpha value is -2.63. The van der Waals surface area contributed by atoms with Gasteiger partial charge in [0.1, 0.15) is 5.58 Å². The number of rotatable bonds is 4. The number of fused-ring (bicyclic) bond motifs is 4. The molecule has 1 amide bonds. The lowest BCUT2D eigenvalue weighted by atomic mass is 10.1. The van der Waals surface area contributed by atoms with Gasteiger partial charge in [-0.3, -0.25) is 9.69 Å². The van der Waals surface area contributed by atoms with Crippen molar-refractivity contribution >= 4 is 39.0 Å². The maximum absolute atomic E-state index is 12.9. The second-order valence-corrected chi connectivity index (χ2v) is 8.87. The standard InChI is InChI=1S/C24H24N2O2S/c1-15(26-11-9-21-18(14-26)10-12-29-21)13-25-24(27)22-16(2)19-8-7-17-5-3-4-6-20(17)23(19)28-22/h3-8,10,12,15H,9,11,13-14H2,1-2H3,(H,25,27). The SMILES string of the molecule is Cc1c(C(=O)NCC(C)N2CCc3sccc3C2)oc2c1ccc1ccccc12. The first-order valence-electron chi connectivity index (χ1n) is 10.1. The van der Waals surface area contributed by atoms with Gasteiger partial charge in [0.15, 0.2) is 5.76 Å². The Morgan fingerprint density at radius 3 is 2.97 bits per heavy atom. The average Bonchev–Trinajstić information content (AvgIpc) is 3.35. The van der Waals surface area contributed by atoms with Crippen LogP contribution in [0.15, 0.2) is 52.3 Å². The summed E-state index contributed by atoms with van der Waals surface area (Å²) >= 11 is 1.85. The third kappa shape index (κ3) is 3.24. The van der Waals surface area contributed by atoms with Gasteiger partial charge in [-0.05, 0) is 42.7 Å². The molecule has 0 fully saturated rings. The summed E-state index contributed by atoms with van der Waals surface area (Å²) in [6, 6.07) is 14.7. The molecule has 0 radical (unpaired) electrons. The van der Waals surface area contributed by atoms with Gasteiger partial charge >= 0.3 is 0 Å². The van der Waals surface area contributed by atoms with Crippen molar-refractivity contribution < 1.29 is 9.21 Å². The molecule has 0 spiro atoms. The lowest BCUT2D eigenvalue weighted by Crippen LogP contribution is -2.44. The van der Waals surface area contributed by atoms with Crippen molar-refractivity contribution in [2.24, 2.45) is 0 Å². The molecule has 0 saturated heterocycles. The van der Waals surface area contributed by atoms with Crippen LogP contribution in [0.3, 0.4) is 0 Å². The van der Waals surface area contributed by atoms with E-state index >= 15 is 0 Å². The lowest BCUT2D eigenvalue weighted by Gasteiger charge is -2.32. The third-order valence-electron chi connectivity index (χ3n) is 6.05. The molecular weight excluding hydrogens is 380 g/mol. The first kappa shape index (κ1) is 18.4. The number of nitrogens with zero attached hydrogens (tertiary/aromatic N) is 1. The molecule has 2 aromatic carbocycles. The predicted octanol–water partition coefficient (Wildman–Crippen LogP) is 5.13. The van der Waals surface area contributed by atoms with E-state index in [2.05, 4.69) is 40.7 Å². The maximum atomic E-state index is 12.9. The van der Waals surface area contributed by atoms with Crippen molar-refractivity contribution in [3.8, 4) is 0 Å². The molecule has 5 heteroatoms. The number of amides is 1. The number of carbonyl (C=O) groups is 1. The zero-order chi connectivity index (χ0) is 20.0. The van der Waals surface area contributed by atoms with Crippen LogP contribution in [0.1, 0.15) is 33.5 Å². The quantitative estimate of drug-likeness (QED) is 0.513. The minimum Gasteiger partial charge on any atom is -0.450 e. The second-order valence-electron chi connectivity index (χ2n) is 7.87. The highest BCUT2D eigenvalue weighted by molar-refractivity contribution is 7.10. The van der Waals surface area contributed by atoms with Crippen LogP contribution in [0.5, 0.6) is 0 Å². The molecule has 5 rings (SSSR count). The van der Waals surface area contributed by atoms with E-state index in [0.717, 1.165) is 46.8 Å². The minimum absolute atomic E-state index is 0.136. The van der Waals surface area contributed by atoms with Crippen molar-refractivity contribution in [2.45, 2.75) is 32.9 Å². The number of furan rings is 1. The van der Waals surface area contributed by atoms with Gasteiger partial charge in [0.05, 0.1) is 0 Å². The van der Waals surface area contributed by atoms with Crippen LogP contribution in [0, 0.1) is 6.92 Å². The van der Waals surface area contributed by atoms with Crippen LogP contribution < -0.4 is 5.32 Å². The van der Waals surface area contributed by atoms with Crippen LogP contribution in [0.25, 0.3) is 21.7 Å². The number of thiophene rings is 1. The summed E-state index contributed by atoms with van der Waals surface area (Å²) in [4.78, 5) is 16.8. The number of nitrogens with one attached hydrogen (secondary N) is 1. The zero-order valence-electron chi connectivity index (χ0n) is 16.7. The molecule has 0 aliphatic carbocycles. The highest BCUT2D eigenvalue weighted by atomic mass is 32.1. The van der Waals surface area contributed by atoms with Gasteiger partial charge in [-0.15, -0.1) is 11.3 Å². The molecule has 4 aromatic rings. The largest absolute Gasteiger partial charge is 0.450 e. The van der Waals surface area contributed by atoms with Gasteiger partial charge in [-0.1, -0.05) is 36.4 Å². The van der Waals surface area contributed by atoms with E-state index in [4.69, 9.17) is 4.42 Å². The summed E-state index contributed by atoms with van der Waals surface area (Å²) in [5, 5.41) is 8.43. The Balaban J connectivity index is 1.33. The second kappa shape index (κ2) is 7.32. The van der Waals surface area contributed by atoms with E-state index in [1.165, 1.54) is 10.4 Å². The molecule has 1 atom stereocenters. The van der Waals surface area contributed by atoms with Crippen LogP contribution >= 0.6 is 11.3 Å². The molecule has 4 nitrogen and oxygen atoms in total. The Bertz CT molecular complexity index is 1210. The third-order valence-corrected chi connectivity index (χ3v) is 7.08. The normalized spacial score (nSPS) is 15.5. The van der Waals surface area contributed by atoms with Crippen molar-refractivity contribution in [1.82, 2.24) is 10.2 Å². The first-order chi connectivity index (χ1) is 14.1. The molecule has 3 heterocycles. The summed E-state index contributed by atoms with van der Waals surface area (Å²) in [5.74, 6) is 0.283. The molecule has 0 bridgehead atoms. The molecule has 1 aliphatic heterocycles. The predicted molar refractivity (Wildman–Crippen MR) is 119 cm³/mol. The molecular formula is C24H24N2O2S. The fraction of sp³-hybridized carbons (Fsp3) is 0.292. The number of benzene rings is 2. The van der Waals surface area contributed by atoms with Gasteiger partial charge < -0.3 is 9.73 Å². The summed E-state index contributed by atoms with van der Waals surface area (Å²) in [7, 11) is 0. The number of carbonyl (C=O) groups excluding carboxylic acids is 1. The van der Waals surface area contributed by atoms with Gasteiger partial charge in [0.25, 0.3) is 5.91 Å². The molecule has 1 N–H and O–H groups in total. The fourth-order valence-electron chi connectivity index (χ4n) is 4.26. The van der Waals surface area contributed by atoms with E-state index in [-0.39, 0.29) is 11.9 Å². The Labute approximate surface area is 174 Å². The summed E-state index contributed by atoms with van der Waals surface area (Å²) in [5.41, 5.74) is 3.12. The van der Waals surface area contributed by atoms with Gasteiger partial charge in [0, 0.05) is 46.9 Å². The molecule has 148 valence electrons. The van der Waals surface area contributed by atoms with E-state index < -0.39 is 0 Å². The number of hydrogen-bond donors (Lipinski definition) is 1. The molecule has 0 saturated carbocycles. The number of aryl methyl sites for hydroxylation is 1. The average molecular weight is 405 g/mol. The van der Waals surface area contributed by atoms with Gasteiger partial charge in [0.2, 0.25) is 0 Å². The van der Waals surface area contributed by atoms with Gasteiger partial charge in [-0.2, -0.15) is 0 Å². The summed E-state index contributed by atoms with van der Waals surface area (Å²) in [6.45, 7) is 6.75. The summed E-state index contributed by atoms with van der Waals surface area (Å²) < 4.78 is 6.06. The van der Waals surface area contributed by atoms with Crippen LogP contribution in [0.2, 0.25) is 0 Å². The highest BCUT2D eigenvalue weighted by Gasteiger charge is 2.23. The maximum Gasteiger partial charge on any atom is 0.287 e. The zero-order valence-corrected chi connectivity index (χ0v) is 17.5. The van der Waals surface area contributed by atoms with Crippen LogP contribution in [-0.4, -0.2) is 29.9 Å². The van der Waals surface area contributed by atoms with Crippen LogP contribution in [0.4, 0.5) is 0 Å². The minimum atomic E-state index is -0.136. The number of hydrogen-bond acceptors (Lipinski definition) is 4. The highest BCUT2D eigenvalue weighted by Crippen LogP contribution is 2.31. The van der Waals surface area contributed by atoms with E-state index in [1.54, 1.807) is 0 Å². The fourth-order valence-corrected chi connectivity index (χ4v) is 5.15. The molecule has 2 aromatic heterocycles. The lowest BCUT2D eigenvalue weighted by molar-refractivity contribution is 0.0906. The molecule has 29 heavy (non-hydrogen) atoms. The Morgan fingerprint density at radius 2 is 2.07 bits per heavy atom. The van der Waals surface area contributed by atoms with Gasteiger partial charge in [-0.25, -0.2) is 0 Å². The van der Waals surface area contributed by atoms with E-state index in [0.29, 0.717) is 12.3 Å². The monoisotopic (exact) mass is 404 g/mol. The van der Waals surface area contributed by atoms with Crippen molar-refractivity contribution in [2.75, 3.05) is 13.1 Å². The molecule has 1 aliphatic rings. The molecule has 1 unspecified atom stereocenters. The Morgan fingerprint density at radius 1 is 1.21 bits per heavy atom. The van der Waals surface area contributed by atoms with Crippen LogP contribution in [-0.2, 0) is 13.0 Å². The topological polar surface area (TPSA) is 45.5 Å². The van der Waals surface area contributed by atoms with E-state index in [1.807, 2.05) is 42.5 Å². The van der Waals surface area contributed by atoms with E-state index in [9.17, 15) is 4.79 Å². The van der Waals surface area contributed by atoms with Crippen molar-refractivity contribution in [3.05, 3.63) is 69.6 Å². The smallest absolute Gasteiger partial charge is 0.287 e. The first-order valence-corrected chi connectivity index (χ1v) is 11.0. The Kier molecular flexibility index (Phi) is 4.64. The van der Waals surface area contributed by atoms with Crippen molar-refractivity contribution in [1.29, 1.82) is 0 Å². The summed E-state index contributed by atoms with van der Waals surface area (Å²) in [6.07, 6.45) is 1.10.